The van der Waals surface area contributed by atoms with Crippen molar-refractivity contribution in [2.45, 2.75) is 19.4 Å². The van der Waals surface area contributed by atoms with Crippen molar-refractivity contribution in [1.82, 2.24) is 0 Å². The van der Waals surface area contributed by atoms with Crippen molar-refractivity contribution < 1.29 is 0 Å². The molecule has 1 aliphatic rings. The van der Waals surface area contributed by atoms with E-state index >= 15 is 0 Å². The minimum atomic E-state index is 0.495. The van der Waals surface area contributed by atoms with Gasteiger partial charge < -0.3 is 10.6 Å². The fourth-order valence-electron chi connectivity index (χ4n) is 2.34. The van der Waals surface area contributed by atoms with E-state index < -0.39 is 0 Å². The van der Waals surface area contributed by atoms with Crippen molar-refractivity contribution in [2.75, 3.05) is 18.0 Å². The van der Waals surface area contributed by atoms with Crippen LogP contribution in [-0.2, 0) is 0 Å². The Labute approximate surface area is 96.0 Å². The Morgan fingerprint density at radius 2 is 2.20 bits per heavy atom. The van der Waals surface area contributed by atoms with Gasteiger partial charge in [0.25, 0.3) is 0 Å². The molecule has 2 nitrogen and oxygen atoms in total. The summed E-state index contributed by atoms with van der Waals surface area (Å²) >= 11 is 6.19. The summed E-state index contributed by atoms with van der Waals surface area (Å²) in [7, 11) is 0. The van der Waals surface area contributed by atoms with Crippen LogP contribution >= 0.6 is 11.6 Å². The molecule has 1 saturated heterocycles. The van der Waals surface area contributed by atoms with Crippen LogP contribution in [-0.4, -0.2) is 19.1 Å². The zero-order valence-electron chi connectivity index (χ0n) is 8.99. The van der Waals surface area contributed by atoms with Gasteiger partial charge in [0.15, 0.2) is 0 Å². The minimum absolute atomic E-state index is 0.495. The molecule has 0 radical (unpaired) electrons. The van der Waals surface area contributed by atoms with E-state index in [0.29, 0.717) is 12.0 Å². The third-order valence-corrected chi connectivity index (χ3v) is 3.70. The molecular formula is C12H17ClN2. The monoisotopic (exact) mass is 224 g/mol. The number of hydrogen-bond acceptors (Lipinski definition) is 2. The summed E-state index contributed by atoms with van der Waals surface area (Å²) < 4.78 is 0. The van der Waals surface area contributed by atoms with Crippen LogP contribution in [0.3, 0.4) is 0 Å². The number of anilines is 1. The maximum absolute atomic E-state index is 6.19. The van der Waals surface area contributed by atoms with E-state index in [1.54, 1.807) is 0 Å². The number of benzene rings is 1. The molecule has 0 aliphatic carbocycles. The molecule has 82 valence electrons. The molecule has 2 rings (SSSR count). The number of halogens is 1. The van der Waals surface area contributed by atoms with Crippen LogP contribution in [0.25, 0.3) is 0 Å². The molecule has 0 amide bonds. The van der Waals surface area contributed by atoms with E-state index in [4.69, 9.17) is 17.3 Å². The average Bonchev–Trinajstić information content (AvgIpc) is 2.60. The standard InChI is InChI=1S/C12H17ClN2/c1-9-10(8-14)6-7-15(9)12-5-3-2-4-11(12)13/h2-5,9-10H,6-8,14H2,1H3. The maximum atomic E-state index is 6.19. The molecule has 0 spiro atoms. The molecule has 0 saturated carbocycles. The van der Waals surface area contributed by atoms with E-state index in [1.807, 2.05) is 18.2 Å². The first-order valence-electron chi connectivity index (χ1n) is 5.45. The summed E-state index contributed by atoms with van der Waals surface area (Å²) in [5, 5.41) is 0.835. The lowest BCUT2D eigenvalue weighted by atomic mass is 10.0. The van der Waals surface area contributed by atoms with E-state index in [1.165, 1.54) is 6.42 Å². The number of para-hydroxylation sites is 1. The van der Waals surface area contributed by atoms with Gasteiger partial charge in [-0.05, 0) is 37.9 Å². The summed E-state index contributed by atoms with van der Waals surface area (Å²) in [6, 6.07) is 8.52. The van der Waals surface area contributed by atoms with Gasteiger partial charge in [-0.25, -0.2) is 0 Å². The van der Waals surface area contributed by atoms with Crippen LogP contribution in [0.15, 0.2) is 24.3 Å². The van der Waals surface area contributed by atoms with Crippen molar-refractivity contribution in [3.8, 4) is 0 Å². The normalized spacial score (nSPS) is 25.9. The molecule has 1 aromatic carbocycles. The van der Waals surface area contributed by atoms with Gasteiger partial charge in [0, 0.05) is 12.6 Å². The molecule has 0 bridgehead atoms. The van der Waals surface area contributed by atoms with Crippen molar-refractivity contribution in [1.29, 1.82) is 0 Å². The molecule has 0 aromatic heterocycles. The predicted molar refractivity (Wildman–Crippen MR) is 65.4 cm³/mol. The summed E-state index contributed by atoms with van der Waals surface area (Å²) in [5.74, 6) is 0.598. The van der Waals surface area contributed by atoms with Crippen LogP contribution in [0, 0.1) is 5.92 Å². The SMILES string of the molecule is CC1C(CN)CCN1c1ccccc1Cl. The highest BCUT2D eigenvalue weighted by molar-refractivity contribution is 6.33. The van der Waals surface area contributed by atoms with Crippen LogP contribution in [0.1, 0.15) is 13.3 Å². The van der Waals surface area contributed by atoms with E-state index in [0.717, 1.165) is 23.8 Å². The van der Waals surface area contributed by atoms with Crippen molar-refractivity contribution in [3.63, 3.8) is 0 Å². The largest absolute Gasteiger partial charge is 0.367 e. The Balaban J connectivity index is 2.22. The molecule has 1 fully saturated rings. The van der Waals surface area contributed by atoms with Gasteiger partial charge in [-0.3, -0.25) is 0 Å². The van der Waals surface area contributed by atoms with Gasteiger partial charge in [0.1, 0.15) is 0 Å². The van der Waals surface area contributed by atoms with E-state index in [2.05, 4.69) is 17.9 Å². The molecule has 1 aromatic rings. The molecule has 1 aliphatic heterocycles. The first-order chi connectivity index (χ1) is 7.24. The van der Waals surface area contributed by atoms with E-state index in [-0.39, 0.29) is 0 Å². The minimum Gasteiger partial charge on any atom is -0.367 e. The summed E-state index contributed by atoms with van der Waals surface area (Å²) in [6.07, 6.45) is 1.17. The molecule has 2 unspecified atom stereocenters. The fraction of sp³-hybridized carbons (Fsp3) is 0.500. The smallest absolute Gasteiger partial charge is 0.0639 e. The molecule has 15 heavy (non-hydrogen) atoms. The topological polar surface area (TPSA) is 29.3 Å². The van der Waals surface area contributed by atoms with Gasteiger partial charge in [0.05, 0.1) is 10.7 Å². The quantitative estimate of drug-likeness (QED) is 0.837. The zero-order valence-corrected chi connectivity index (χ0v) is 9.74. The van der Waals surface area contributed by atoms with Crippen molar-refractivity contribution in [3.05, 3.63) is 29.3 Å². The highest BCUT2D eigenvalue weighted by Gasteiger charge is 2.30. The van der Waals surface area contributed by atoms with E-state index in [9.17, 15) is 0 Å². The Morgan fingerprint density at radius 3 is 2.80 bits per heavy atom. The predicted octanol–water partition coefficient (Wildman–Crippen LogP) is 2.51. The Hall–Kier alpha value is -0.730. The first-order valence-corrected chi connectivity index (χ1v) is 5.83. The van der Waals surface area contributed by atoms with Crippen LogP contribution in [0.2, 0.25) is 5.02 Å². The lowest BCUT2D eigenvalue weighted by Gasteiger charge is -2.27. The number of nitrogens with zero attached hydrogens (tertiary/aromatic N) is 1. The van der Waals surface area contributed by atoms with Gasteiger partial charge in [-0.2, -0.15) is 0 Å². The second-order valence-electron chi connectivity index (χ2n) is 4.17. The van der Waals surface area contributed by atoms with Crippen molar-refractivity contribution in [2.24, 2.45) is 11.7 Å². The van der Waals surface area contributed by atoms with Crippen LogP contribution in [0.5, 0.6) is 0 Å². The van der Waals surface area contributed by atoms with Crippen molar-refractivity contribution >= 4 is 17.3 Å². The third kappa shape index (κ3) is 1.97. The highest BCUT2D eigenvalue weighted by atomic mass is 35.5. The number of nitrogens with two attached hydrogens (primary N) is 1. The van der Waals surface area contributed by atoms with Gasteiger partial charge >= 0.3 is 0 Å². The van der Waals surface area contributed by atoms with Gasteiger partial charge in [-0.15, -0.1) is 0 Å². The Kier molecular flexibility index (Phi) is 3.17. The Morgan fingerprint density at radius 1 is 1.47 bits per heavy atom. The number of rotatable bonds is 2. The molecule has 3 heteroatoms. The number of hydrogen-bond donors (Lipinski definition) is 1. The summed E-state index contributed by atoms with van der Waals surface area (Å²) in [6.45, 7) is 4.06. The third-order valence-electron chi connectivity index (χ3n) is 3.38. The first kappa shape index (κ1) is 10.8. The molecule has 2 atom stereocenters. The Bertz CT molecular complexity index is 340. The summed E-state index contributed by atoms with van der Waals surface area (Å²) in [4.78, 5) is 2.36. The second kappa shape index (κ2) is 4.42. The van der Waals surface area contributed by atoms with Gasteiger partial charge in [0.2, 0.25) is 0 Å². The highest BCUT2D eigenvalue weighted by Crippen LogP contribution is 2.33. The lowest BCUT2D eigenvalue weighted by molar-refractivity contribution is 0.508. The lowest BCUT2D eigenvalue weighted by Crippen LogP contribution is -2.32. The van der Waals surface area contributed by atoms with Crippen LogP contribution < -0.4 is 10.6 Å². The zero-order chi connectivity index (χ0) is 10.8. The average molecular weight is 225 g/mol. The van der Waals surface area contributed by atoms with Gasteiger partial charge in [-0.1, -0.05) is 23.7 Å². The second-order valence-corrected chi connectivity index (χ2v) is 4.58. The maximum Gasteiger partial charge on any atom is 0.0639 e. The molecular weight excluding hydrogens is 208 g/mol. The summed E-state index contributed by atoms with van der Waals surface area (Å²) in [5.41, 5.74) is 6.88. The molecule has 2 N–H and O–H groups in total. The fourth-order valence-corrected chi connectivity index (χ4v) is 2.59. The van der Waals surface area contributed by atoms with Crippen LogP contribution in [0.4, 0.5) is 5.69 Å². The molecule has 1 heterocycles.